The topological polar surface area (TPSA) is 46.2 Å². The maximum Gasteiger partial charge on any atom is 0.418 e. The summed E-state index contributed by atoms with van der Waals surface area (Å²) in [4.78, 5) is 0.507. The second kappa shape index (κ2) is 5.64. The number of aliphatic hydroxyl groups is 1. The van der Waals surface area contributed by atoms with Crippen LogP contribution >= 0.6 is 11.8 Å². The van der Waals surface area contributed by atoms with E-state index >= 15 is 0 Å². The van der Waals surface area contributed by atoms with Gasteiger partial charge in [-0.3, -0.25) is 0 Å². The predicted molar refractivity (Wildman–Crippen MR) is 62.9 cm³/mol. The van der Waals surface area contributed by atoms with E-state index in [1.807, 2.05) is 6.92 Å². The molecule has 0 aliphatic rings. The zero-order valence-corrected chi connectivity index (χ0v) is 10.1. The fraction of sp³-hybridized carbons (Fsp3) is 0.455. The zero-order chi connectivity index (χ0) is 13.1. The first-order valence-corrected chi connectivity index (χ1v) is 5.96. The second-order valence-electron chi connectivity index (χ2n) is 3.69. The van der Waals surface area contributed by atoms with Crippen LogP contribution in [-0.4, -0.2) is 17.0 Å². The summed E-state index contributed by atoms with van der Waals surface area (Å²) in [5.74, 6) is 0. The Balaban J connectivity index is 2.89. The van der Waals surface area contributed by atoms with Crippen LogP contribution in [0.4, 0.5) is 18.9 Å². The molecule has 3 N–H and O–H groups in total. The van der Waals surface area contributed by atoms with Crippen molar-refractivity contribution in [1.29, 1.82) is 0 Å². The Hall–Kier alpha value is -0.880. The van der Waals surface area contributed by atoms with Gasteiger partial charge in [-0.05, 0) is 24.6 Å². The van der Waals surface area contributed by atoms with Gasteiger partial charge in [-0.25, -0.2) is 0 Å². The summed E-state index contributed by atoms with van der Waals surface area (Å²) in [7, 11) is 0. The molecule has 1 aromatic rings. The van der Waals surface area contributed by atoms with E-state index in [1.165, 1.54) is 17.8 Å². The third kappa shape index (κ3) is 4.12. The molecule has 0 radical (unpaired) electrons. The summed E-state index contributed by atoms with van der Waals surface area (Å²) < 4.78 is 37.8. The smallest absolute Gasteiger partial charge is 0.398 e. The molecule has 96 valence electrons. The van der Waals surface area contributed by atoms with E-state index in [-0.39, 0.29) is 17.5 Å². The van der Waals surface area contributed by atoms with E-state index in [1.54, 1.807) is 6.07 Å². The van der Waals surface area contributed by atoms with Crippen molar-refractivity contribution in [2.45, 2.75) is 29.7 Å². The molecule has 1 atom stereocenters. The van der Waals surface area contributed by atoms with Crippen molar-refractivity contribution in [3.05, 3.63) is 23.8 Å². The number of hydrogen-bond acceptors (Lipinski definition) is 3. The predicted octanol–water partition coefficient (Wildman–Crippen LogP) is 3.15. The van der Waals surface area contributed by atoms with E-state index in [9.17, 15) is 13.2 Å². The molecule has 0 amide bonds. The Kier molecular flexibility index (Phi) is 4.70. The van der Waals surface area contributed by atoms with Gasteiger partial charge in [0.2, 0.25) is 0 Å². The molecule has 0 spiro atoms. The van der Waals surface area contributed by atoms with Crippen LogP contribution in [0.15, 0.2) is 23.1 Å². The van der Waals surface area contributed by atoms with E-state index in [2.05, 4.69) is 0 Å². The maximum absolute atomic E-state index is 12.6. The molecular formula is C11H14F3NOS. The average molecular weight is 265 g/mol. The second-order valence-corrected chi connectivity index (χ2v) is 5.20. The molecule has 0 bridgehead atoms. The number of nitrogen functional groups attached to an aromatic ring is 1. The number of benzene rings is 1. The van der Waals surface area contributed by atoms with Crippen molar-refractivity contribution in [2.24, 2.45) is 0 Å². The monoisotopic (exact) mass is 265 g/mol. The van der Waals surface area contributed by atoms with Crippen LogP contribution in [0.1, 0.15) is 18.9 Å². The van der Waals surface area contributed by atoms with Crippen molar-refractivity contribution in [3.8, 4) is 0 Å². The first-order chi connectivity index (χ1) is 7.84. The lowest BCUT2D eigenvalue weighted by Crippen LogP contribution is -2.09. The number of rotatable bonds is 4. The van der Waals surface area contributed by atoms with Crippen molar-refractivity contribution in [1.82, 2.24) is 0 Å². The SMILES string of the molecule is CC(CCO)Sc1ccc(N)c(C(F)(F)F)c1. The molecule has 1 rings (SSSR count). The quantitative estimate of drug-likeness (QED) is 0.649. The van der Waals surface area contributed by atoms with Crippen LogP contribution in [0, 0.1) is 0 Å². The lowest BCUT2D eigenvalue weighted by atomic mass is 10.2. The minimum absolute atomic E-state index is 0.0231. The molecule has 0 aliphatic heterocycles. The van der Waals surface area contributed by atoms with Crippen molar-refractivity contribution >= 4 is 17.4 Å². The van der Waals surface area contributed by atoms with Gasteiger partial charge in [0, 0.05) is 22.4 Å². The average Bonchev–Trinajstić information content (AvgIpc) is 2.19. The van der Waals surface area contributed by atoms with E-state index in [0.29, 0.717) is 11.3 Å². The number of halogens is 3. The van der Waals surface area contributed by atoms with E-state index in [4.69, 9.17) is 10.8 Å². The summed E-state index contributed by atoms with van der Waals surface area (Å²) in [5, 5.41) is 8.79. The number of thioether (sulfide) groups is 1. The van der Waals surface area contributed by atoms with Gasteiger partial charge in [-0.2, -0.15) is 13.2 Å². The van der Waals surface area contributed by atoms with Crippen LogP contribution in [0.5, 0.6) is 0 Å². The van der Waals surface area contributed by atoms with Gasteiger partial charge >= 0.3 is 6.18 Å². The summed E-state index contributed by atoms with van der Waals surface area (Å²) in [6.45, 7) is 1.87. The molecule has 0 saturated carbocycles. The molecule has 1 aromatic carbocycles. The molecule has 1 unspecified atom stereocenters. The number of aliphatic hydroxyl groups excluding tert-OH is 1. The maximum atomic E-state index is 12.6. The van der Waals surface area contributed by atoms with Crippen LogP contribution in [0.2, 0.25) is 0 Å². The van der Waals surface area contributed by atoms with Gasteiger partial charge in [0.1, 0.15) is 0 Å². The normalized spacial score (nSPS) is 13.7. The van der Waals surface area contributed by atoms with Gasteiger partial charge in [-0.15, -0.1) is 11.8 Å². The van der Waals surface area contributed by atoms with Crippen LogP contribution in [-0.2, 0) is 6.18 Å². The highest BCUT2D eigenvalue weighted by atomic mass is 32.2. The molecule has 17 heavy (non-hydrogen) atoms. The lowest BCUT2D eigenvalue weighted by molar-refractivity contribution is -0.137. The van der Waals surface area contributed by atoms with Crippen LogP contribution in [0.3, 0.4) is 0 Å². The number of anilines is 1. The molecule has 6 heteroatoms. The Labute approximate surface area is 102 Å². The zero-order valence-electron chi connectivity index (χ0n) is 9.29. The molecule has 0 aliphatic carbocycles. The fourth-order valence-electron chi connectivity index (χ4n) is 1.33. The first kappa shape index (κ1) is 14.2. The Morgan fingerprint density at radius 3 is 2.59 bits per heavy atom. The summed E-state index contributed by atoms with van der Waals surface area (Å²) in [5.41, 5.74) is 4.22. The van der Waals surface area contributed by atoms with Gasteiger partial charge in [0.05, 0.1) is 5.56 Å². The molecule has 0 fully saturated rings. The Morgan fingerprint density at radius 1 is 1.41 bits per heavy atom. The Morgan fingerprint density at radius 2 is 2.06 bits per heavy atom. The lowest BCUT2D eigenvalue weighted by Gasteiger charge is -2.13. The summed E-state index contributed by atoms with van der Waals surface area (Å²) in [6.07, 6.45) is -3.89. The molecule has 2 nitrogen and oxygen atoms in total. The highest BCUT2D eigenvalue weighted by Gasteiger charge is 2.33. The van der Waals surface area contributed by atoms with E-state index in [0.717, 1.165) is 6.07 Å². The number of hydrogen-bond donors (Lipinski definition) is 2. The fourth-order valence-corrected chi connectivity index (χ4v) is 2.35. The van der Waals surface area contributed by atoms with Crippen molar-refractivity contribution < 1.29 is 18.3 Å². The highest BCUT2D eigenvalue weighted by molar-refractivity contribution is 7.99. The van der Waals surface area contributed by atoms with Crippen molar-refractivity contribution in [2.75, 3.05) is 12.3 Å². The minimum Gasteiger partial charge on any atom is -0.398 e. The molecule has 0 aromatic heterocycles. The largest absolute Gasteiger partial charge is 0.418 e. The summed E-state index contributed by atoms with van der Waals surface area (Å²) >= 11 is 1.29. The highest BCUT2D eigenvalue weighted by Crippen LogP contribution is 2.37. The van der Waals surface area contributed by atoms with Crippen molar-refractivity contribution in [3.63, 3.8) is 0 Å². The van der Waals surface area contributed by atoms with Crippen LogP contribution in [0.25, 0.3) is 0 Å². The third-order valence-electron chi connectivity index (χ3n) is 2.20. The standard InChI is InChI=1S/C11H14F3NOS/c1-7(4-5-16)17-8-2-3-10(15)9(6-8)11(12,13)14/h2-3,6-7,16H,4-5,15H2,1H3. The van der Waals surface area contributed by atoms with Gasteiger partial charge in [-0.1, -0.05) is 6.92 Å². The van der Waals surface area contributed by atoms with Gasteiger partial charge in [0.15, 0.2) is 0 Å². The third-order valence-corrected chi connectivity index (χ3v) is 3.37. The van der Waals surface area contributed by atoms with Crippen LogP contribution < -0.4 is 5.73 Å². The Bertz CT molecular complexity index is 381. The summed E-state index contributed by atoms with van der Waals surface area (Å²) in [6, 6.07) is 3.87. The number of alkyl halides is 3. The van der Waals surface area contributed by atoms with E-state index < -0.39 is 11.7 Å². The minimum atomic E-state index is -4.43. The number of nitrogens with two attached hydrogens (primary N) is 1. The molecule has 0 heterocycles. The van der Waals surface area contributed by atoms with Gasteiger partial charge in [0.25, 0.3) is 0 Å². The molecule has 0 saturated heterocycles. The van der Waals surface area contributed by atoms with Gasteiger partial charge < -0.3 is 10.8 Å². The molecular weight excluding hydrogens is 251 g/mol. The first-order valence-electron chi connectivity index (χ1n) is 5.09.